The molecule has 1 saturated heterocycles. The van der Waals surface area contributed by atoms with Crippen molar-refractivity contribution in [2.45, 2.75) is 0 Å². The molecule has 0 unspecified atom stereocenters. The van der Waals surface area contributed by atoms with Crippen LogP contribution in [0.15, 0.2) is 48.5 Å². The fraction of sp³-hybridized carbons (Fsp3) is 0.286. The van der Waals surface area contributed by atoms with Crippen molar-refractivity contribution in [2.24, 2.45) is 0 Å². The summed E-state index contributed by atoms with van der Waals surface area (Å²) in [4.78, 5) is 28.9. The van der Waals surface area contributed by atoms with Crippen molar-refractivity contribution >= 4 is 11.7 Å². The number of hydrogen-bond acceptors (Lipinski definition) is 5. The Morgan fingerprint density at radius 3 is 2.37 bits per heavy atom. The molecule has 27 heavy (non-hydrogen) atoms. The Bertz CT molecular complexity index is 863. The molecule has 1 aliphatic rings. The maximum atomic E-state index is 12.6. The van der Waals surface area contributed by atoms with Gasteiger partial charge >= 0.3 is 0 Å². The zero-order valence-electron chi connectivity index (χ0n) is 15.2. The van der Waals surface area contributed by atoms with E-state index in [0.29, 0.717) is 49.4 Å². The molecule has 0 bridgehead atoms. The third-order valence-corrected chi connectivity index (χ3v) is 4.68. The minimum absolute atomic E-state index is 0.0548. The van der Waals surface area contributed by atoms with E-state index in [9.17, 15) is 9.59 Å². The van der Waals surface area contributed by atoms with E-state index >= 15 is 0 Å². The van der Waals surface area contributed by atoms with Gasteiger partial charge in [-0.3, -0.25) is 14.5 Å². The van der Waals surface area contributed by atoms with Crippen molar-refractivity contribution in [1.29, 1.82) is 5.26 Å². The van der Waals surface area contributed by atoms with Crippen LogP contribution in [-0.4, -0.2) is 61.3 Å². The Balaban J connectivity index is 1.54. The Kier molecular flexibility index (Phi) is 5.84. The molecule has 1 fully saturated rings. The summed E-state index contributed by atoms with van der Waals surface area (Å²) in [5.74, 6) is 0.700. The SMILES string of the molecule is COc1ccc(C(=O)CN2CCN(C(=O)c3cccc(C#N)c3)CC2)cc1. The minimum Gasteiger partial charge on any atom is -0.497 e. The summed E-state index contributed by atoms with van der Waals surface area (Å²) < 4.78 is 5.11. The molecule has 1 amide bonds. The van der Waals surface area contributed by atoms with Gasteiger partial charge in [-0.1, -0.05) is 6.07 Å². The van der Waals surface area contributed by atoms with Crippen molar-refractivity contribution in [2.75, 3.05) is 39.8 Å². The van der Waals surface area contributed by atoms with Crippen molar-refractivity contribution < 1.29 is 14.3 Å². The van der Waals surface area contributed by atoms with Crippen LogP contribution in [0, 0.1) is 11.3 Å². The highest BCUT2D eigenvalue weighted by atomic mass is 16.5. The topological polar surface area (TPSA) is 73.6 Å². The number of amides is 1. The fourth-order valence-corrected chi connectivity index (χ4v) is 3.08. The zero-order chi connectivity index (χ0) is 19.2. The van der Waals surface area contributed by atoms with Gasteiger partial charge in [0.1, 0.15) is 5.75 Å². The third-order valence-electron chi connectivity index (χ3n) is 4.68. The molecule has 0 saturated carbocycles. The van der Waals surface area contributed by atoms with Crippen LogP contribution in [0.4, 0.5) is 0 Å². The lowest BCUT2D eigenvalue weighted by atomic mass is 10.1. The highest BCUT2D eigenvalue weighted by Gasteiger charge is 2.23. The number of ketones is 1. The monoisotopic (exact) mass is 363 g/mol. The number of rotatable bonds is 5. The lowest BCUT2D eigenvalue weighted by Gasteiger charge is -2.34. The third kappa shape index (κ3) is 4.52. The lowest BCUT2D eigenvalue weighted by Crippen LogP contribution is -2.49. The maximum Gasteiger partial charge on any atom is 0.253 e. The first-order chi connectivity index (χ1) is 13.1. The van der Waals surface area contributed by atoms with Gasteiger partial charge in [0.25, 0.3) is 5.91 Å². The number of hydrogen-bond donors (Lipinski definition) is 0. The van der Waals surface area contributed by atoms with Crippen LogP contribution in [0.3, 0.4) is 0 Å². The van der Waals surface area contributed by atoms with E-state index in [4.69, 9.17) is 10.00 Å². The van der Waals surface area contributed by atoms with Gasteiger partial charge in [-0.15, -0.1) is 0 Å². The van der Waals surface area contributed by atoms with Crippen LogP contribution >= 0.6 is 0 Å². The van der Waals surface area contributed by atoms with Gasteiger partial charge in [0.05, 0.1) is 25.3 Å². The Hall–Kier alpha value is -3.17. The molecule has 0 N–H and O–H groups in total. The molecular formula is C21H21N3O3. The number of Topliss-reactive ketones (excluding diaryl/α,β-unsaturated/α-hetero) is 1. The molecule has 1 aliphatic heterocycles. The van der Waals surface area contributed by atoms with Gasteiger partial charge < -0.3 is 9.64 Å². The van der Waals surface area contributed by atoms with Gasteiger partial charge in [-0.25, -0.2) is 0 Å². The number of ether oxygens (including phenoxy) is 1. The van der Waals surface area contributed by atoms with E-state index in [1.807, 2.05) is 0 Å². The summed E-state index contributed by atoms with van der Waals surface area (Å²) in [7, 11) is 1.59. The van der Waals surface area contributed by atoms with Gasteiger partial charge in [-0.2, -0.15) is 5.26 Å². The van der Waals surface area contributed by atoms with Crippen molar-refractivity contribution in [1.82, 2.24) is 9.80 Å². The van der Waals surface area contributed by atoms with Gasteiger partial charge in [0, 0.05) is 37.3 Å². The standard InChI is InChI=1S/C21H21N3O3/c1-27-19-7-5-17(6-8-19)20(25)15-23-9-11-24(12-10-23)21(26)18-4-2-3-16(13-18)14-22/h2-8,13H,9-12,15H2,1H3. The molecule has 138 valence electrons. The average Bonchev–Trinajstić information content (AvgIpc) is 2.74. The summed E-state index contributed by atoms with van der Waals surface area (Å²) >= 11 is 0. The maximum absolute atomic E-state index is 12.6. The molecule has 3 rings (SSSR count). The average molecular weight is 363 g/mol. The minimum atomic E-state index is -0.0757. The molecule has 6 nitrogen and oxygen atoms in total. The number of nitrogens with zero attached hydrogens (tertiary/aromatic N) is 3. The first-order valence-electron chi connectivity index (χ1n) is 8.80. The second-order valence-corrected chi connectivity index (χ2v) is 6.41. The number of benzene rings is 2. The Labute approximate surface area is 158 Å². The van der Waals surface area contributed by atoms with Crippen molar-refractivity contribution in [3.63, 3.8) is 0 Å². The van der Waals surface area contributed by atoms with Gasteiger partial charge in [-0.05, 0) is 42.5 Å². The summed E-state index contributed by atoms with van der Waals surface area (Å²) in [6, 6.07) is 15.9. The van der Waals surface area contributed by atoms with Crippen molar-refractivity contribution in [3.05, 3.63) is 65.2 Å². The second kappa shape index (κ2) is 8.47. The smallest absolute Gasteiger partial charge is 0.253 e. The van der Waals surface area contributed by atoms with E-state index < -0.39 is 0 Å². The van der Waals surface area contributed by atoms with Crippen LogP contribution in [0.1, 0.15) is 26.3 Å². The molecule has 2 aromatic carbocycles. The Morgan fingerprint density at radius 1 is 1.04 bits per heavy atom. The number of piperazine rings is 1. The normalized spacial score (nSPS) is 14.4. The van der Waals surface area contributed by atoms with E-state index in [1.165, 1.54) is 0 Å². The molecule has 0 atom stereocenters. The predicted octanol–water partition coefficient (Wildman–Crippen LogP) is 2.21. The zero-order valence-corrected chi connectivity index (χ0v) is 15.2. The molecule has 0 spiro atoms. The molecule has 6 heteroatoms. The van der Waals surface area contributed by atoms with E-state index in [1.54, 1.807) is 60.5 Å². The van der Waals surface area contributed by atoms with Crippen LogP contribution in [0.25, 0.3) is 0 Å². The number of carbonyl (C=O) groups excluding carboxylic acids is 2. The first kappa shape index (κ1) is 18.6. The second-order valence-electron chi connectivity index (χ2n) is 6.41. The van der Waals surface area contributed by atoms with Crippen LogP contribution in [0.2, 0.25) is 0 Å². The summed E-state index contributed by atoms with van der Waals surface area (Å²) in [6.07, 6.45) is 0. The molecule has 0 aromatic heterocycles. The van der Waals surface area contributed by atoms with Crippen LogP contribution in [-0.2, 0) is 0 Å². The van der Waals surface area contributed by atoms with Crippen molar-refractivity contribution in [3.8, 4) is 11.8 Å². The van der Waals surface area contributed by atoms with Crippen LogP contribution in [0.5, 0.6) is 5.75 Å². The van der Waals surface area contributed by atoms with E-state index in [-0.39, 0.29) is 11.7 Å². The molecule has 0 radical (unpaired) electrons. The van der Waals surface area contributed by atoms with Crippen LogP contribution < -0.4 is 4.74 Å². The Morgan fingerprint density at radius 2 is 1.74 bits per heavy atom. The summed E-state index contributed by atoms with van der Waals surface area (Å²) in [5.41, 5.74) is 1.66. The molecular weight excluding hydrogens is 342 g/mol. The largest absolute Gasteiger partial charge is 0.497 e. The molecule has 0 aliphatic carbocycles. The number of nitriles is 1. The fourth-order valence-electron chi connectivity index (χ4n) is 3.08. The lowest BCUT2D eigenvalue weighted by molar-refractivity contribution is 0.0624. The molecule has 2 aromatic rings. The quantitative estimate of drug-likeness (QED) is 0.762. The number of methoxy groups -OCH3 is 1. The first-order valence-corrected chi connectivity index (χ1v) is 8.80. The molecule has 1 heterocycles. The highest BCUT2D eigenvalue weighted by molar-refractivity contribution is 5.98. The van der Waals surface area contributed by atoms with Gasteiger partial charge in [0.2, 0.25) is 0 Å². The van der Waals surface area contributed by atoms with E-state index in [0.717, 1.165) is 5.75 Å². The summed E-state index contributed by atoms with van der Waals surface area (Å²) in [6.45, 7) is 2.74. The highest BCUT2D eigenvalue weighted by Crippen LogP contribution is 2.14. The predicted molar refractivity (Wildman–Crippen MR) is 101 cm³/mol. The van der Waals surface area contributed by atoms with Gasteiger partial charge in [0.15, 0.2) is 5.78 Å². The number of carbonyl (C=O) groups is 2. The van der Waals surface area contributed by atoms with E-state index in [2.05, 4.69) is 11.0 Å². The summed E-state index contributed by atoms with van der Waals surface area (Å²) in [5, 5.41) is 8.98.